The van der Waals surface area contributed by atoms with Crippen LogP contribution in [-0.4, -0.2) is 45.6 Å². The summed E-state index contributed by atoms with van der Waals surface area (Å²) in [7, 11) is 0. The highest BCUT2D eigenvalue weighted by Gasteiger charge is 2.44. The molecule has 212 valence electrons. The van der Waals surface area contributed by atoms with E-state index >= 15 is 0 Å². The highest BCUT2D eigenvalue weighted by Crippen LogP contribution is 2.38. The number of nitrogens with zero attached hydrogens (tertiary/aromatic N) is 1. The maximum absolute atomic E-state index is 14.4. The number of aromatic hydroxyl groups is 1. The Labute approximate surface area is 232 Å². The van der Waals surface area contributed by atoms with Gasteiger partial charge in [0, 0.05) is 17.3 Å². The Kier molecular flexibility index (Phi) is 9.64. The van der Waals surface area contributed by atoms with Crippen molar-refractivity contribution in [3.8, 4) is 5.75 Å². The van der Waals surface area contributed by atoms with Crippen LogP contribution in [0.5, 0.6) is 5.75 Å². The Morgan fingerprint density at radius 3 is 2.18 bits per heavy atom. The first-order valence-corrected chi connectivity index (χ1v) is 13.8. The lowest BCUT2D eigenvalue weighted by Gasteiger charge is -2.44. The minimum Gasteiger partial charge on any atom is -0.508 e. The molecule has 3 unspecified atom stereocenters. The van der Waals surface area contributed by atoms with E-state index in [1.54, 1.807) is 43.9 Å². The van der Waals surface area contributed by atoms with Gasteiger partial charge in [0.25, 0.3) is 5.91 Å². The summed E-state index contributed by atoms with van der Waals surface area (Å²) in [6, 6.07) is 10.1. The summed E-state index contributed by atoms with van der Waals surface area (Å²) >= 11 is 0. The van der Waals surface area contributed by atoms with Crippen LogP contribution in [0.4, 0.5) is 10.5 Å². The standard InChI is InChI=1S/C31H43N3O5/c1-8-19(2)26(33-30(38)39-31(5,6)7)29(37)34(22-15-12-16-22)27(23-17-9-10-18-24(23)35)28(36)32-25-20(3)13-11-14-21(25)4/h9-11,13-14,17-19,22,26-27,35H,8,12,15-16H2,1-7H3,(H,32,36)(H,33,38). The van der Waals surface area contributed by atoms with Crippen molar-refractivity contribution < 1.29 is 24.2 Å². The summed E-state index contributed by atoms with van der Waals surface area (Å²) in [5.74, 6) is -1.09. The second-order valence-corrected chi connectivity index (χ2v) is 11.6. The number of alkyl carbamates (subject to hydrolysis) is 1. The largest absolute Gasteiger partial charge is 0.508 e. The van der Waals surface area contributed by atoms with Gasteiger partial charge in [-0.05, 0) is 77.0 Å². The van der Waals surface area contributed by atoms with Crippen LogP contribution in [0.15, 0.2) is 42.5 Å². The lowest BCUT2D eigenvalue weighted by atomic mass is 9.86. The van der Waals surface area contributed by atoms with Crippen molar-refractivity contribution in [1.29, 1.82) is 0 Å². The summed E-state index contributed by atoms with van der Waals surface area (Å²) in [6.45, 7) is 13.0. The molecule has 0 heterocycles. The lowest BCUT2D eigenvalue weighted by Crippen LogP contribution is -2.58. The summed E-state index contributed by atoms with van der Waals surface area (Å²) in [4.78, 5) is 42.9. The molecule has 2 aromatic rings. The number of nitrogens with one attached hydrogen (secondary N) is 2. The zero-order valence-electron chi connectivity index (χ0n) is 24.2. The number of aryl methyl sites for hydroxylation is 2. The van der Waals surface area contributed by atoms with Gasteiger partial charge in [0.15, 0.2) is 0 Å². The number of para-hydroxylation sites is 2. The third kappa shape index (κ3) is 7.31. The molecule has 0 saturated heterocycles. The molecule has 0 aliphatic heterocycles. The van der Waals surface area contributed by atoms with E-state index in [9.17, 15) is 19.5 Å². The van der Waals surface area contributed by atoms with Crippen molar-refractivity contribution >= 4 is 23.6 Å². The summed E-state index contributed by atoms with van der Waals surface area (Å²) in [5.41, 5.74) is 2.07. The number of phenols is 1. The van der Waals surface area contributed by atoms with Crippen molar-refractivity contribution in [2.75, 3.05) is 5.32 Å². The van der Waals surface area contributed by atoms with Crippen LogP contribution in [0, 0.1) is 19.8 Å². The quantitative estimate of drug-likeness (QED) is 0.363. The molecular weight excluding hydrogens is 494 g/mol. The SMILES string of the molecule is CCC(C)C(NC(=O)OC(C)(C)C)C(=O)N(C1CCC1)C(C(=O)Nc1c(C)cccc1C)c1ccccc1O. The molecule has 1 aliphatic rings. The molecule has 0 radical (unpaired) electrons. The van der Waals surface area contributed by atoms with E-state index in [1.165, 1.54) is 6.07 Å². The Hall–Kier alpha value is -3.55. The van der Waals surface area contributed by atoms with Crippen molar-refractivity contribution in [3.05, 3.63) is 59.2 Å². The molecule has 0 bridgehead atoms. The topological polar surface area (TPSA) is 108 Å². The van der Waals surface area contributed by atoms with Gasteiger partial charge in [0.1, 0.15) is 23.4 Å². The molecule has 0 aromatic heterocycles. The van der Waals surface area contributed by atoms with E-state index in [0.29, 0.717) is 17.7 Å². The number of hydrogen-bond donors (Lipinski definition) is 3. The van der Waals surface area contributed by atoms with Gasteiger partial charge in [-0.25, -0.2) is 4.79 Å². The molecule has 1 aliphatic carbocycles. The second-order valence-electron chi connectivity index (χ2n) is 11.6. The van der Waals surface area contributed by atoms with Gasteiger partial charge in [-0.2, -0.15) is 0 Å². The van der Waals surface area contributed by atoms with Crippen molar-refractivity contribution in [2.24, 2.45) is 5.92 Å². The van der Waals surface area contributed by atoms with Crippen LogP contribution in [0.1, 0.15) is 83.0 Å². The number of hydrogen-bond acceptors (Lipinski definition) is 5. The van der Waals surface area contributed by atoms with Crippen LogP contribution in [0.2, 0.25) is 0 Å². The van der Waals surface area contributed by atoms with Gasteiger partial charge in [-0.15, -0.1) is 0 Å². The van der Waals surface area contributed by atoms with Gasteiger partial charge < -0.3 is 25.4 Å². The van der Waals surface area contributed by atoms with Gasteiger partial charge in [0.05, 0.1) is 0 Å². The number of ether oxygens (including phenoxy) is 1. The van der Waals surface area contributed by atoms with Gasteiger partial charge in [-0.1, -0.05) is 56.7 Å². The molecular formula is C31H43N3O5. The van der Waals surface area contributed by atoms with E-state index in [1.807, 2.05) is 45.9 Å². The van der Waals surface area contributed by atoms with E-state index in [-0.39, 0.29) is 23.6 Å². The average Bonchev–Trinajstić information content (AvgIpc) is 2.82. The second kappa shape index (κ2) is 12.5. The minimum absolute atomic E-state index is 0.0727. The van der Waals surface area contributed by atoms with E-state index in [2.05, 4.69) is 10.6 Å². The Balaban J connectivity index is 2.08. The molecule has 3 rings (SSSR count). The number of carbonyl (C=O) groups excluding carboxylic acids is 3. The maximum Gasteiger partial charge on any atom is 0.408 e. The van der Waals surface area contributed by atoms with E-state index in [0.717, 1.165) is 30.4 Å². The third-order valence-electron chi connectivity index (χ3n) is 7.36. The Morgan fingerprint density at radius 2 is 1.67 bits per heavy atom. The maximum atomic E-state index is 14.4. The number of phenolic OH excluding ortho intramolecular Hbond substituents is 1. The molecule has 3 atom stereocenters. The smallest absolute Gasteiger partial charge is 0.408 e. The fourth-order valence-corrected chi connectivity index (χ4v) is 4.80. The first kappa shape index (κ1) is 30.0. The number of benzene rings is 2. The fraction of sp³-hybridized carbons (Fsp3) is 0.516. The molecule has 0 spiro atoms. The van der Waals surface area contributed by atoms with Gasteiger partial charge in [0.2, 0.25) is 5.91 Å². The molecule has 3 N–H and O–H groups in total. The first-order valence-electron chi connectivity index (χ1n) is 13.8. The third-order valence-corrected chi connectivity index (χ3v) is 7.36. The number of carbonyl (C=O) groups is 3. The monoisotopic (exact) mass is 537 g/mol. The molecule has 39 heavy (non-hydrogen) atoms. The first-order chi connectivity index (χ1) is 18.3. The van der Waals surface area contributed by atoms with Crippen LogP contribution in [0.25, 0.3) is 0 Å². The molecule has 8 nitrogen and oxygen atoms in total. The van der Waals surface area contributed by atoms with Crippen LogP contribution in [-0.2, 0) is 14.3 Å². The molecule has 3 amide bonds. The Morgan fingerprint density at radius 1 is 1.05 bits per heavy atom. The molecule has 1 saturated carbocycles. The van der Waals surface area contributed by atoms with Crippen molar-refractivity contribution in [1.82, 2.24) is 10.2 Å². The van der Waals surface area contributed by atoms with Crippen molar-refractivity contribution in [2.45, 2.75) is 97.9 Å². The van der Waals surface area contributed by atoms with Gasteiger partial charge in [-0.3, -0.25) is 9.59 Å². The lowest BCUT2D eigenvalue weighted by molar-refractivity contribution is -0.147. The molecule has 2 aromatic carbocycles. The fourth-order valence-electron chi connectivity index (χ4n) is 4.80. The van der Waals surface area contributed by atoms with E-state index < -0.39 is 29.7 Å². The van der Waals surface area contributed by atoms with Crippen molar-refractivity contribution in [3.63, 3.8) is 0 Å². The predicted molar refractivity (Wildman–Crippen MR) is 152 cm³/mol. The van der Waals surface area contributed by atoms with E-state index in [4.69, 9.17) is 4.74 Å². The highest BCUT2D eigenvalue weighted by molar-refractivity contribution is 6.00. The summed E-state index contributed by atoms with van der Waals surface area (Å²) in [6.07, 6.45) is 2.32. The Bertz CT molecular complexity index is 1160. The zero-order valence-corrected chi connectivity index (χ0v) is 24.2. The molecule has 8 heteroatoms. The normalized spacial score (nSPS) is 15.9. The number of anilines is 1. The number of amides is 3. The van der Waals surface area contributed by atoms with Gasteiger partial charge >= 0.3 is 6.09 Å². The molecule has 1 fully saturated rings. The highest BCUT2D eigenvalue weighted by atomic mass is 16.6. The summed E-state index contributed by atoms with van der Waals surface area (Å²) < 4.78 is 5.47. The van der Waals surface area contributed by atoms with Crippen LogP contribution >= 0.6 is 0 Å². The average molecular weight is 538 g/mol. The minimum atomic E-state index is -1.10. The van der Waals surface area contributed by atoms with Crippen LogP contribution in [0.3, 0.4) is 0 Å². The predicted octanol–water partition coefficient (Wildman–Crippen LogP) is 6.01. The number of rotatable bonds is 9. The van der Waals surface area contributed by atoms with Crippen LogP contribution < -0.4 is 10.6 Å². The zero-order chi connectivity index (χ0) is 28.9. The summed E-state index contributed by atoms with van der Waals surface area (Å²) in [5, 5.41) is 16.7.